The van der Waals surface area contributed by atoms with Gasteiger partial charge in [-0.15, -0.1) is 0 Å². The van der Waals surface area contributed by atoms with Gasteiger partial charge in [0.25, 0.3) is 0 Å². The minimum absolute atomic E-state index is 0.274. The van der Waals surface area contributed by atoms with Gasteiger partial charge in [0, 0.05) is 6.08 Å². The van der Waals surface area contributed by atoms with Crippen LogP contribution >= 0.6 is 0 Å². The van der Waals surface area contributed by atoms with Crippen LogP contribution in [0.1, 0.15) is 13.3 Å². The van der Waals surface area contributed by atoms with Crippen molar-refractivity contribution >= 4 is 11.9 Å². The summed E-state index contributed by atoms with van der Waals surface area (Å²) in [7, 11) is 1.31. The molecule has 0 heterocycles. The molecule has 1 rings (SSSR count). The number of carbonyl (C=O) groups excluding carboxylic acids is 2. The van der Waals surface area contributed by atoms with Crippen molar-refractivity contribution in [1.29, 1.82) is 0 Å². The molecule has 15 heavy (non-hydrogen) atoms. The van der Waals surface area contributed by atoms with E-state index >= 15 is 0 Å². The Morgan fingerprint density at radius 1 is 1.60 bits per heavy atom. The van der Waals surface area contributed by atoms with E-state index in [-0.39, 0.29) is 11.9 Å². The molecule has 0 aromatic rings. The molecular formula is C11H14O4. The number of ether oxygens (including phenoxy) is 2. The van der Waals surface area contributed by atoms with Gasteiger partial charge in [-0.25, -0.2) is 4.79 Å². The van der Waals surface area contributed by atoms with Crippen LogP contribution in [0, 0.1) is 5.92 Å². The molecule has 4 heteroatoms. The average molecular weight is 210 g/mol. The van der Waals surface area contributed by atoms with Crippen molar-refractivity contribution < 1.29 is 19.1 Å². The van der Waals surface area contributed by atoms with Crippen molar-refractivity contribution in [2.45, 2.75) is 13.3 Å². The van der Waals surface area contributed by atoms with Gasteiger partial charge in [0.15, 0.2) is 0 Å². The van der Waals surface area contributed by atoms with Crippen LogP contribution in [0.4, 0.5) is 0 Å². The highest BCUT2D eigenvalue weighted by molar-refractivity contribution is 5.87. The van der Waals surface area contributed by atoms with Crippen molar-refractivity contribution in [3.63, 3.8) is 0 Å². The number of esters is 2. The third kappa shape index (κ3) is 2.46. The number of carbonyl (C=O) groups is 2. The lowest BCUT2D eigenvalue weighted by Gasteiger charge is -2.30. The molecule has 0 bridgehead atoms. The Morgan fingerprint density at radius 2 is 2.27 bits per heavy atom. The Bertz CT molecular complexity index is 327. The Balaban J connectivity index is 2.55. The molecule has 1 aliphatic rings. The predicted octanol–water partition coefficient (Wildman–Crippen LogP) is 1.22. The highest BCUT2D eigenvalue weighted by Gasteiger charge is 2.35. The first-order valence-corrected chi connectivity index (χ1v) is 4.74. The van der Waals surface area contributed by atoms with Crippen LogP contribution in [-0.2, 0) is 19.1 Å². The third-order valence-electron chi connectivity index (χ3n) is 2.32. The Labute approximate surface area is 88.6 Å². The maximum atomic E-state index is 11.3. The van der Waals surface area contributed by atoms with Gasteiger partial charge >= 0.3 is 11.9 Å². The van der Waals surface area contributed by atoms with Gasteiger partial charge in [0.05, 0.1) is 19.6 Å². The second-order valence-electron chi connectivity index (χ2n) is 3.23. The van der Waals surface area contributed by atoms with Crippen LogP contribution in [0.3, 0.4) is 0 Å². The number of hydrogen-bond acceptors (Lipinski definition) is 4. The molecule has 0 aliphatic heterocycles. The Morgan fingerprint density at radius 3 is 2.73 bits per heavy atom. The summed E-state index contributed by atoms with van der Waals surface area (Å²) in [4.78, 5) is 22.2. The molecule has 1 fully saturated rings. The molecule has 0 saturated heterocycles. The number of rotatable bonds is 3. The molecule has 1 atom stereocenters. The van der Waals surface area contributed by atoms with Crippen molar-refractivity contribution in [2.75, 3.05) is 13.7 Å². The van der Waals surface area contributed by atoms with Gasteiger partial charge < -0.3 is 9.47 Å². The summed E-state index contributed by atoms with van der Waals surface area (Å²) in [5.41, 5.74) is 1.42. The lowest BCUT2D eigenvalue weighted by molar-refractivity contribution is -0.147. The first-order valence-electron chi connectivity index (χ1n) is 4.74. The van der Waals surface area contributed by atoms with Crippen LogP contribution in [0.5, 0.6) is 0 Å². The highest BCUT2D eigenvalue weighted by Crippen LogP contribution is 2.38. The summed E-state index contributed by atoms with van der Waals surface area (Å²) in [6.45, 7) is 5.85. The van der Waals surface area contributed by atoms with E-state index in [4.69, 9.17) is 4.74 Å². The van der Waals surface area contributed by atoms with Crippen molar-refractivity contribution in [1.82, 2.24) is 0 Å². The lowest BCUT2D eigenvalue weighted by Crippen LogP contribution is -2.29. The van der Waals surface area contributed by atoms with Gasteiger partial charge in [-0.3, -0.25) is 4.79 Å². The van der Waals surface area contributed by atoms with Crippen LogP contribution in [0.25, 0.3) is 0 Å². The Hall–Kier alpha value is -1.58. The summed E-state index contributed by atoms with van der Waals surface area (Å²) >= 11 is 0. The van der Waals surface area contributed by atoms with Gasteiger partial charge in [0.1, 0.15) is 0 Å². The molecule has 0 aromatic heterocycles. The fraction of sp³-hybridized carbons (Fsp3) is 0.455. The van der Waals surface area contributed by atoms with Crippen molar-refractivity contribution in [3.05, 3.63) is 23.8 Å². The molecule has 4 nitrogen and oxygen atoms in total. The predicted molar refractivity (Wildman–Crippen MR) is 54.0 cm³/mol. The summed E-state index contributed by atoms with van der Waals surface area (Å²) in [5, 5.41) is 0. The van der Waals surface area contributed by atoms with Crippen molar-refractivity contribution in [3.8, 4) is 0 Å². The van der Waals surface area contributed by atoms with E-state index in [0.717, 1.165) is 5.57 Å². The summed E-state index contributed by atoms with van der Waals surface area (Å²) in [6.07, 6.45) is 1.87. The topological polar surface area (TPSA) is 52.6 Å². The van der Waals surface area contributed by atoms with E-state index in [0.29, 0.717) is 18.6 Å². The number of hydrogen-bond donors (Lipinski definition) is 0. The molecular weight excluding hydrogens is 196 g/mol. The smallest absolute Gasteiger partial charge is 0.330 e. The zero-order chi connectivity index (χ0) is 11.4. The molecule has 0 radical (unpaired) electrons. The number of methoxy groups -OCH3 is 1. The first kappa shape index (κ1) is 11.5. The number of allylic oxidation sites excluding steroid dienone is 1. The van der Waals surface area contributed by atoms with Crippen LogP contribution < -0.4 is 0 Å². The highest BCUT2D eigenvalue weighted by atomic mass is 16.5. The van der Waals surface area contributed by atoms with Gasteiger partial charge in [-0.1, -0.05) is 6.58 Å². The lowest BCUT2D eigenvalue weighted by atomic mass is 9.75. The second-order valence-corrected chi connectivity index (χ2v) is 3.23. The average Bonchev–Trinajstić information content (AvgIpc) is 2.22. The zero-order valence-electron chi connectivity index (χ0n) is 8.91. The van der Waals surface area contributed by atoms with E-state index in [1.165, 1.54) is 13.2 Å². The minimum Gasteiger partial charge on any atom is -0.466 e. The maximum absolute atomic E-state index is 11.3. The molecule has 0 spiro atoms. The summed E-state index contributed by atoms with van der Waals surface area (Å²) in [6, 6.07) is 0. The van der Waals surface area contributed by atoms with E-state index in [1.807, 2.05) is 0 Å². The van der Waals surface area contributed by atoms with Gasteiger partial charge in [-0.2, -0.15) is 0 Å². The standard InChI is InChI=1S/C11H14O4/c1-4-15-11(13)9-5-8(7(9)2)6-10(12)14-3/h6,9H,2,4-5H2,1,3H3/b8-6+. The molecule has 0 aromatic carbocycles. The van der Waals surface area contributed by atoms with Crippen LogP contribution in [-0.4, -0.2) is 25.7 Å². The van der Waals surface area contributed by atoms with E-state index < -0.39 is 5.97 Å². The van der Waals surface area contributed by atoms with Crippen LogP contribution in [0.15, 0.2) is 23.8 Å². The van der Waals surface area contributed by atoms with E-state index in [2.05, 4.69) is 11.3 Å². The summed E-state index contributed by atoms with van der Waals surface area (Å²) in [5.74, 6) is -0.987. The normalized spacial score (nSPS) is 22.1. The third-order valence-corrected chi connectivity index (χ3v) is 2.32. The minimum atomic E-state index is -0.423. The SMILES string of the molecule is C=C1/C(=C/C(=O)OC)CC1C(=O)OCC. The second kappa shape index (κ2) is 4.77. The largest absolute Gasteiger partial charge is 0.466 e. The van der Waals surface area contributed by atoms with Crippen LogP contribution in [0.2, 0.25) is 0 Å². The summed E-state index contributed by atoms with van der Waals surface area (Å²) < 4.78 is 9.33. The fourth-order valence-corrected chi connectivity index (χ4v) is 1.39. The first-order chi connectivity index (χ1) is 7.10. The fourth-order valence-electron chi connectivity index (χ4n) is 1.39. The Kier molecular flexibility index (Phi) is 3.66. The molecule has 82 valence electrons. The monoisotopic (exact) mass is 210 g/mol. The quantitative estimate of drug-likeness (QED) is 0.519. The van der Waals surface area contributed by atoms with Crippen molar-refractivity contribution in [2.24, 2.45) is 5.92 Å². The molecule has 0 amide bonds. The van der Waals surface area contributed by atoms with E-state index in [1.54, 1.807) is 6.92 Å². The van der Waals surface area contributed by atoms with E-state index in [9.17, 15) is 9.59 Å². The molecule has 1 unspecified atom stereocenters. The molecule has 1 aliphatic carbocycles. The van der Waals surface area contributed by atoms with Gasteiger partial charge in [-0.05, 0) is 24.5 Å². The van der Waals surface area contributed by atoms with Gasteiger partial charge in [0.2, 0.25) is 0 Å². The maximum Gasteiger partial charge on any atom is 0.330 e. The molecule has 1 saturated carbocycles. The zero-order valence-corrected chi connectivity index (χ0v) is 8.91. The molecule has 0 N–H and O–H groups in total.